The lowest BCUT2D eigenvalue weighted by atomic mass is 9.94. The van der Waals surface area contributed by atoms with Gasteiger partial charge in [0, 0.05) is 16.3 Å². The maximum atomic E-state index is 6.43. The number of rotatable bonds is 5. The first-order valence-electron chi connectivity index (χ1n) is 16.6. The van der Waals surface area contributed by atoms with E-state index in [9.17, 15) is 0 Å². The highest BCUT2D eigenvalue weighted by atomic mass is 16.3. The van der Waals surface area contributed by atoms with Crippen LogP contribution in [0.3, 0.4) is 0 Å². The molecule has 0 bridgehead atoms. The normalized spacial score (nSPS) is 11.7. The second kappa shape index (κ2) is 11.0. The Balaban J connectivity index is 1.27. The first kappa shape index (κ1) is 27.5. The van der Waals surface area contributed by atoms with Crippen LogP contribution in [-0.2, 0) is 0 Å². The average molecular weight is 628 g/mol. The van der Waals surface area contributed by atoms with E-state index in [0.29, 0.717) is 0 Å². The summed E-state index contributed by atoms with van der Waals surface area (Å²) in [6.45, 7) is 0. The molecule has 230 valence electrons. The second-order valence-electron chi connectivity index (χ2n) is 12.5. The zero-order chi connectivity index (χ0) is 32.3. The third-order valence-electron chi connectivity index (χ3n) is 9.66. The summed E-state index contributed by atoms with van der Waals surface area (Å²) in [5.41, 5.74) is 11.2. The van der Waals surface area contributed by atoms with Gasteiger partial charge in [0.05, 0.1) is 27.8 Å². The zero-order valence-corrected chi connectivity index (χ0v) is 26.5. The molecule has 0 atom stereocenters. The van der Waals surface area contributed by atoms with Gasteiger partial charge in [0.2, 0.25) is 0 Å². The number of fused-ring (bicyclic) bond motifs is 7. The summed E-state index contributed by atoms with van der Waals surface area (Å²) in [7, 11) is 0. The Morgan fingerprint density at radius 1 is 0.327 bits per heavy atom. The van der Waals surface area contributed by atoms with Gasteiger partial charge in [0.1, 0.15) is 22.3 Å². The molecule has 0 radical (unpaired) electrons. The van der Waals surface area contributed by atoms with Crippen LogP contribution >= 0.6 is 0 Å². The summed E-state index contributed by atoms with van der Waals surface area (Å²) in [4.78, 5) is 2.40. The van der Waals surface area contributed by atoms with Gasteiger partial charge in [-0.25, -0.2) is 0 Å². The first-order valence-corrected chi connectivity index (χ1v) is 16.6. The minimum atomic E-state index is 0.850. The number of hydrogen-bond donors (Lipinski definition) is 0. The Morgan fingerprint density at radius 3 is 1.47 bits per heavy atom. The van der Waals surface area contributed by atoms with Crippen molar-refractivity contribution in [3.05, 3.63) is 176 Å². The molecule has 0 unspecified atom stereocenters. The molecule has 0 N–H and O–H groups in total. The molecule has 0 aliphatic rings. The number of hydrogen-bond acceptors (Lipinski definition) is 3. The van der Waals surface area contributed by atoms with Crippen molar-refractivity contribution in [3.63, 3.8) is 0 Å². The molecule has 10 rings (SSSR count). The lowest BCUT2D eigenvalue weighted by Gasteiger charge is -2.29. The molecule has 0 amide bonds. The third kappa shape index (κ3) is 4.37. The van der Waals surface area contributed by atoms with Crippen molar-refractivity contribution in [2.75, 3.05) is 4.90 Å². The molecule has 0 saturated heterocycles. The van der Waals surface area contributed by atoms with Crippen LogP contribution in [-0.4, -0.2) is 0 Å². The van der Waals surface area contributed by atoms with Crippen LogP contribution in [0.15, 0.2) is 185 Å². The van der Waals surface area contributed by atoms with Crippen LogP contribution < -0.4 is 4.90 Å². The second-order valence-corrected chi connectivity index (χ2v) is 12.5. The Labute approximate surface area is 282 Å². The van der Waals surface area contributed by atoms with E-state index in [0.717, 1.165) is 72.1 Å². The minimum Gasteiger partial charge on any atom is -0.456 e. The van der Waals surface area contributed by atoms with E-state index in [1.54, 1.807) is 0 Å². The van der Waals surface area contributed by atoms with Crippen LogP contribution in [0.25, 0.3) is 76.9 Å². The molecule has 2 aromatic heterocycles. The van der Waals surface area contributed by atoms with E-state index in [2.05, 4.69) is 157 Å². The molecule has 0 aliphatic heterocycles. The molecular formula is C46H29NO2. The SMILES string of the molecule is c1cc(-c2ccccc2N(c2cccc3oc4ccccc4c23)c2cccc3oc4ccccc4c23)cc(-c2cccc3ccccc23)c1. The summed E-state index contributed by atoms with van der Waals surface area (Å²) < 4.78 is 12.9. The molecule has 0 aliphatic carbocycles. The molecule has 49 heavy (non-hydrogen) atoms. The van der Waals surface area contributed by atoms with Gasteiger partial charge in [-0.3, -0.25) is 0 Å². The van der Waals surface area contributed by atoms with E-state index >= 15 is 0 Å². The molecule has 0 fully saturated rings. The fourth-order valence-corrected chi connectivity index (χ4v) is 7.52. The molecular weight excluding hydrogens is 599 g/mol. The Hall–Kier alpha value is -6.58. The quantitative estimate of drug-likeness (QED) is 0.190. The first-order chi connectivity index (χ1) is 24.3. The predicted molar refractivity (Wildman–Crippen MR) is 204 cm³/mol. The molecule has 3 nitrogen and oxygen atoms in total. The zero-order valence-electron chi connectivity index (χ0n) is 26.5. The third-order valence-corrected chi connectivity index (χ3v) is 9.66. The lowest BCUT2D eigenvalue weighted by Crippen LogP contribution is -2.12. The van der Waals surface area contributed by atoms with Crippen molar-refractivity contribution in [3.8, 4) is 22.3 Å². The van der Waals surface area contributed by atoms with E-state index in [1.807, 2.05) is 24.3 Å². The monoisotopic (exact) mass is 627 g/mol. The Morgan fingerprint density at radius 2 is 0.776 bits per heavy atom. The van der Waals surface area contributed by atoms with Crippen molar-refractivity contribution in [1.29, 1.82) is 0 Å². The molecule has 0 spiro atoms. The number of furan rings is 2. The van der Waals surface area contributed by atoms with E-state index in [-0.39, 0.29) is 0 Å². The summed E-state index contributed by atoms with van der Waals surface area (Å²) >= 11 is 0. The summed E-state index contributed by atoms with van der Waals surface area (Å²) in [5, 5.41) is 6.78. The number of para-hydroxylation sites is 3. The number of nitrogens with zero attached hydrogens (tertiary/aromatic N) is 1. The average Bonchev–Trinajstić information content (AvgIpc) is 3.74. The maximum absolute atomic E-state index is 6.43. The Kier molecular flexibility index (Phi) is 6.18. The fraction of sp³-hybridized carbons (Fsp3) is 0. The van der Waals surface area contributed by atoms with E-state index < -0.39 is 0 Å². The topological polar surface area (TPSA) is 29.5 Å². The molecule has 10 aromatic rings. The van der Waals surface area contributed by atoms with E-state index in [1.165, 1.54) is 21.9 Å². The number of benzene rings is 8. The fourth-order valence-electron chi connectivity index (χ4n) is 7.52. The molecule has 0 saturated carbocycles. The molecule has 3 heteroatoms. The predicted octanol–water partition coefficient (Wildman–Crippen LogP) is 13.4. The maximum Gasteiger partial charge on any atom is 0.137 e. The van der Waals surface area contributed by atoms with Crippen LogP contribution in [0, 0.1) is 0 Å². The van der Waals surface area contributed by atoms with Gasteiger partial charge in [0.25, 0.3) is 0 Å². The van der Waals surface area contributed by atoms with Crippen molar-refractivity contribution >= 4 is 71.7 Å². The number of anilines is 3. The van der Waals surface area contributed by atoms with Crippen molar-refractivity contribution in [2.45, 2.75) is 0 Å². The summed E-state index contributed by atoms with van der Waals surface area (Å²) in [5.74, 6) is 0. The van der Waals surface area contributed by atoms with Crippen LogP contribution in [0.4, 0.5) is 17.1 Å². The minimum absolute atomic E-state index is 0.850. The van der Waals surface area contributed by atoms with Gasteiger partial charge in [-0.2, -0.15) is 0 Å². The van der Waals surface area contributed by atoms with Gasteiger partial charge < -0.3 is 13.7 Å². The highest BCUT2D eigenvalue weighted by molar-refractivity contribution is 6.18. The lowest BCUT2D eigenvalue weighted by molar-refractivity contribution is 0.668. The van der Waals surface area contributed by atoms with Gasteiger partial charge in [0.15, 0.2) is 0 Å². The van der Waals surface area contributed by atoms with Gasteiger partial charge in [-0.05, 0) is 76.0 Å². The summed E-state index contributed by atoms with van der Waals surface area (Å²) in [6, 6.07) is 62.1. The van der Waals surface area contributed by atoms with Crippen molar-refractivity contribution in [1.82, 2.24) is 0 Å². The van der Waals surface area contributed by atoms with Crippen LogP contribution in [0.5, 0.6) is 0 Å². The van der Waals surface area contributed by atoms with Gasteiger partial charge in [-0.15, -0.1) is 0 Å². The van der Waals surface area contributed by atoms with Crippen molar-refractivity contribution < 1.29 is 8.83 Å². The highest BCUT2D eigenvalue weighted by Gasteiger charge is 2.25. The smallest absolute Gasteiger partial charge is 0.137 e. The van der Waals surface area contributed by atoms with E-state index in [4.69, 9.17) is 8.83 Å². The molecule has 8 aromatic carbocycles. The summed E-state index contributed by atoms with van der Waals surface area (Å²) in [6.07, 6.45) is 0. The largest absolute Gasteiger partial charge is 0.456 e. The molecule has 2 heterocycles. The van der Waals surface area contributed by atoms with Crippen LogP contribution in [0.2, 0.25) is 0 Å². The van der Waals surface area contributed by atoms with Crippen LogP contribution in [0.1, 0.15) is 0 Å². The van der Waals surface area contributed by atoms with Gasteiger partial charge >= 0.3 is 0 Å². The highest BCUT2D eigenvalue weighted by Crippen LogP contribution is 2.49. The standard InChI is InChI=1S/C46H29NO2/c1-2-17-33-30(13-1)14-10-21-34(33)31-15-9-16-32(29-31)35-18-3-6-22-38(35)47(39-23-11-27-43-45(39)36-19-4-7-25-41(36)48-43)40-24-12-28-44-46(40)37-20-5-8-26-42(37)49-44/h1-29H. The Bertz CT molecular complexity index is 2740. The van der Waals surface area contributed by atoms with Crippen molar-refractivity contribution in [2.24, 2.45) is 0 Å². The van der Waals surface area contributed by atoms with Gasteiger partial charge in [-0.1, -0.05) is 127 Å².